The van der Waals surface area contributed by atoms with Crippen molar-refractivity contribution >= 4 is 35.1 Å². The average Bonchev–Trinajstić information content (AvgIpc) is 3.32. The van der Waals surface area contributed by atoms with Crippen LogP contribution in [0.2, 0.25) is 13.1 Å². The van der Waals surface area contributed by atoms with Crippen LogP contribution in [0.25, 0.3) is 12.2 Å². The molecule has 0 radical (unpaired) electrons. The van der Waals surface area contributed by atoms with Crippen molar-refractivity contribution in [3.63, 3.8) is 0 Å². The van der Waals surface area contributed by atoms with Crippen LogP contribution in [-0.2, 0) is 15.6 Å². The Kier molecular flexibility index (Phi) is 7.79. The minimum atomic E-state index is -4.64. The Morgan fingerprint density at radius 3 is 1.37 bits per heavy atom. The summed E-state index contributed by atoms with van der Waals surface area (Å²) in [4.78, 5) is 0. The summed E-state index contributed by atoms with van der Waals surface area (Å²) in [5.74, 6) is 12.3. The molecule has 0 bridgehead atoms. The van der Waals surface area contributed by atoms with E-state index in [9.17, 15) is 0 Å². The third-order valence-corrected chi connectivity index (χ3v) is 60.2. The Hall–Kier alpha value is -1.28. The van der Waals surface area contributed by atoms with Crippen LogP contribution in [0.3, 0.4) is 0 Å². The number of halogens is 2. The fourth-order valence-corrected chi connectivity index (χ4v) is 39.0. The molecule has 0 nitrogen and oxygen atoms in total. The second-order valence-corrected chi connectivity index (χ2v) is 56.1. The molecule has 199 valence electrons. The van der Waals surface area contributed by atoms with Gasteiger partial charge >= 0.3 is 242 Å². The van der Waals surface area contributed by atoms with Crippen LogP contribution in [0, 0.1) is 34.5 Å². The summed E-state index contributed by atoms with van der Waals surface area (Å²) >= 11 is -4.64. The molecule has 2 aromatic rings. The molecule has 0 saturated carbocycles. The van der Waals surface area contributed by atoms with Crippen molar-refractivity contribution in [2.24, 2.45) is 10.8 Å². The Labute approximate surface area is 240 Å². The number of rotatable bonds is 3. The molecule has 4 heteroatoms. The molecule has 0 aromatic heterocycles. The molecule has 2 aliphatic carbocycles. The van der Waals surface area contributed by atoms with Crippen LogP contribution in [0.15, 0.2) is 47.5 Å². The Bertz CT molecular complexity index is 1380. The fraction of sp³-hybridized carbons (Fsp3) is 0.412. The van der Waals surface area contributed by atoms with E-state index in [-0.39, 0.29) is 18.1 Å². The summed E-state index contributed by atoms with van der Waals surface area (Å²) in [6.07, 6.45) is 4.64. The first kappa shape index (κ1) is 29.7. The van der Waals surface area contributed by atoms with E-state index < -0.39 is 21.5 Å². The number of allylic oxidation sites excluding steroid dienone is 2. The zero-order chi connectivity index (χ0) is 28.3. The zero-order valence-electron chi connectivity index (χ0n) is 24.6. The molecule has 38 heavy (non-hydrogen) atoms. The predicted octanol–water partition coefficient (Wildman–Crippen LogP) is 10.1. The average molecular weight is 640 g/mol. The van der Waals surface area contributed by atoms with Gasteiger partial charge in [0.15, 0.2) is 0 Å². The SMILES string of the molecule is CC1=Cc2c(C#CC(C)(C)C)cccc2[CH]1[Zr]([Cl])([Cl])([CH]1C(C)=Cc2c(C#CC(C)(C)C)cccc21)[SiH](C)C. The van der Waals surface area contributed by atoms with Gasteiger partial charge in [-0.15, -0.1) is 0 Å². The standard InChI is InChI=1S/2C16H17.C2H7Si.2ClH.Zr/c2*1-12-10-14-7-5-6-13(15(14)11-12)8-9-16(2,3)4;1-3-2;;;/h2*5-7,10-11H,1-4H3;3H,1-2H3;2*1H;/q;;;;;+2/p-2. The van der Waals surface area contributed by atoms with Crippen LogP contribution in [-0.4, -0.2) is 5.92 Å². The van der Waals surface area contributed by atoms with Gasteiger partial charge in [-0.25, -0.2) is 0 Å². The third kappa shape index (κ3) is 5.25. The van der Waals surface area contributed by atoms with Crippen LogP contribution in [0.1, 0.15) is 96.0 Å². The summed E-state index contributed by atoms with van der Waals surface area (Å²) in [6.45, 7) is 22.1. The summed E-state index contributed by atoms with van der Waals surface area (Å²) in [6, 6.07) is 13.1. The molecule has 2 aliphatic rings. The minimum absolute atomic E-state index is 0.0590. The van der Waals surface area contributed by atoms with Crippen LogP contribution in [0.5, 0.6) is 0 Å². The first-order valence-corrected chi connectivity index (χ1v) is 30.0. The van der Waals surface area contributed by atoms with E-state index >= 15 is 0 Å². The molecule has 2 unspecified atom stereocenters. The van der Waals surface area contributed by atoms with Gasteiger partial charge < -0.3 is 0 Å². The van der Waals surface area contributed by atoms with E-state index in [0.29, 0.717) is 0 Å². The molecular weight excluding hydrogens is 599 g/mol. The molecule has 2 aromatic carbocycles. The molecular formula is C34H41Cl2SiZr. The van der Waals surface area contributed by atoms with Gasteiger partial charge in [0.2, 0.25) is 0 Å². The maximum absolute atomic E-state index is 8.27. The summed E-state index contributed by atoms with van der Waals surface area (Å²) in [5, 5.41) is 0. The van der Waals surface area contributed by atoms with Crippen molar-refractivity contribution in [2.45, 2.75) is 75.7 Å². The van der Waals surface area contributed by atoms with E-state index in [4.69, 9.17) is 17.0 Å². The van der Waals surface area contributed by atoms with Gasteiger partial charge in [0.05, 0.1) is 0 Å². The summed E-state index contributed by atoms with van der Waals surface area (Å²) < 4.78 is 0.169. The van der Waals surface area contributed by atoms with E-state index in [1.54, 1.807) is 0 Å². The number of fused-ring (bicyclic) bond motifs is 2. The monoisotopic (exact) mass is 637 g/mol. The van der Waals surface area contributed by atoms with E-state index in [0.717, 1.165) is 11.1 Å². The van der Waals surface area contributed by atoms with Gasteiger partial charge in [0, 0.05) is 0 Å². The van der Waals surface area contributed by atoms with Crippen LogP contribution >= 0.6 is 17.0 Å². The van der Waals surface area contributed by atoms with Gasteiger partial charge in [-0.2, -0.15) is 0 Å². The molecule has 0 aliphatic heterocycles. The van der Waals surface area contributed by atoms with Crippen molar-refractivity contribution in [3.05, 3.63) is 80.9 Å². The van der Waals surface area contributed by atoms with Crippen molar-refractivity contribution in [1.29, 1.82) is 0 Å². The Morgan fingerprint density at radius 1 is 0.684 bits per heavy atom. The fourth-order valence-electron chi connectivity index (χ4n) is 6.13. The van der Waals surface area contributed by atoms with Crippen LogP contribution < -0.4 is 0 Å². The number of hydrogen-bond donors (Lipinski definition) is 0. The maximum atomic E-state index is 8.27. The molecule has 0 saturated heterocycles. The van der Waals surface area contributed by atoms with Crippen molar-refractivity contribution in [2.75, 3.05) is 0 Å². The quantitative estimate of drug-likeness (QED) is 0.232. The van der Waals surface area contributed by atoms with Gasteiger partial charge in [-0.3, -0.25) is 0 Å². The molecule has 0 fully saturated rings. The van der Waals surface area contributed by atoms with E-state index in [1.807, 2.05) is 0 Å². The topological polar surface area (TPSA) is 0 Å². The number of hydrogen-bond acceptors (Lipinski definition) is 0. The van der Waals surface area contributed by atoms with E-state index in [1.165, 1.54) is 33.4 Å². The molecule has 4 rings (SSSR count). The zero-order valence-corrected chi connectivity index (χ0v) is 29.7. The van der Waals surface area contributed by atoms with Gasteiger partial charge in [0.25, 0.3) is 0 Å². The van der Waals surface area contributed by atoms with Crippen LogP contribution in [0.4, 0.5) is 0 Å². The Morgan fingerprint density at radius 2 is 1.05 bits per heavy atom. The van der Waals surface area contributed by atoms with Gasteiger partial charge in [-0.1, -0.05) is 0 Å². The summed E-state index contributed by atoms with van der Waals surface area (Å²) in [5.41, 5.74) is 9.63. The first-order valence-electron chi connectivity index (χ1n) is 13.7. The molecule has 2 atom stereocenters. The van der Waals surface area contributed by atoms with Gasteiger partial charge in [0.1, 0.15) is 0 Å². The number of benzene rings is 2. The summed E-state index contributed by atoms with van der Waals surface area (Å²) in [7, 11) is 16.5. The first-order chi connectivity index (χ1) is 17.4. The second kappa shape index (κ2) is 9.97. The third-order valence-electron chi connectivity index (χ3n) is 7.91. The molecule has 0 N–H and O–H groups in total. The Balaban J connectivity index is 1.93. The van der Waals surface area contributed by atoms with Crippen molar-refractivity contribution < 1.29 is 15.6 Å². The van der Waals surface area contributed by atoms with Gasteiger partial charge in [-0.05, 0) is 0 Å². The van der Waals surface area contributed by atoms with Crippen molar-refractivity contribution in [1.82, 2.24) is 0 Å². The second-order valence-electron chi connectivity index (χ2n) is 13.6. The normalized spacial score (nSPS) is 19.8. The van der Waals surface area contributed by atoms with E-state index in [2.05, 4.69) is 141 Å². The molecule has 0 spiro atoms. The molecule has 0 heterocycles. The van der Waals surface area contributed by atoms with Crippen molar-refractivity contribution in [3.8, 4) is 23.7 Å². The predicted molar refractivity (Wildman–Crippen MR) is 169 cm³/mol. The molecule has 0 amide bonds.